The minimum absolute atomic E-state index is 0.0964. The Kier molecular flexibility index (Phi) is 3.59. The zero-order valence-corrected chi connectivity index (χ0v) is 9.52. The van der Waals surface area contributed by atoms with Crippen molar-refractivity contribution in [1.82, 2.24) is 4.57 Å². The third kappa shape index (κ3) is 2.26. The van der Waals surface area contributed by atoms with Gasteiger partial charge >= 0.3 is 0 Å². The molecule has 86 valence electrons. The van der Waals surface area contributed by atoms with Gasteiger partial charge in [0.15, 0.2) is 0 Å². The zero-order chi connectivity index (χ0) is 11.4. The number of aliphatic hydroxyl groups excluding tert-OH is 1. The van der Waals surface area contributed by atoms with Crippen LogP contribution in [-0.2, 0) is 17.9 Å². The molecule has 3 heteroatoms. The van der Waals surface area contributed by atoms with Crippen LogP contribution in [-0.4, -0.2) is 23.4 Å². The number of fused-ring (bicyclic) bond motifs is 1. The summed E-state index contributed by atoms with van der Waals surface area (Å²) in [7, 11) is 1.72. The van der Waals surface area contributed by atoms with Crippen molar-refractivity contribution in [1.29, 1.82) is 0 Å². The maximum Gasteiger partial charge on any atom is 0.0682 e. The Morgan fingerprint density at radius 1 is 1.31 bits per heavy atom. The average Bonchev–Trinajstić information content (AvgIpc) is 2.72. The van der Waals surface area contributed by atoms with Gasteiger partial charge in [-0.25, -0.2) is 0 Å². The zero-order valence-electron chi connectivity index (χ0n) is 9.52. The van der Waals surface area contributed by atoms with Crippen LogP contribution in [0.5, 0.6) is 0 Å². The maximum absolute atomic E-state index is 9.11. The van der Waals surface area contributed by atoms with Crippen LogP contribution >= 0.6 is 0 Å². The third-order valence-corrected chi connectivity index (χ3v) is 2.77. The molecule has 2 rings (SSSR count). The first kappa shape index (κ1) is 11.2. The molecule has 0 spiro atoms. The van der Waals surface area contributed by atoms with Crippen molar-refractivity contribution in [2.45, 2.75) is 19.6 Å². The summed E-state index contributed by atoms with van der Waals surface area (Å²) in [5, 5.41) is 10.3. The van der Waals surface area contributed by atoms with E-state index in [1.165, 1.54) is 10.9 Å². The second-order valence-corrected chi connectivity index (χ2v) is 3.91. The lowest BCUT2D eigenvalue weighted by atomic mass is 10.2. The molecule has 0 radical (unpaired) electrons. The van der Waals surface area contributed by atoms with Crippen LogP contribution in [0.15, 0.2) is 30.5 Å². The predicted octanol–water partition coefficient (Wildman–Crippen LogP) is 2.17. The number of ether oxygens (including phenoxy) is 1. The van der Waals surface area contributed by atoms with Gasteiger partial charge in [-0.2, -0.15) is 0 Å². The monoisotopic (exact) mass is 219 g/mol. The fourth-order valence-corrected chi connectivity index (χ4v) is 1.90. The van der Waals surface area contributed by atoms with Gasteiger partial charge in [-0.15, -0.1) is 0 Å². The van der Waals surface area contributed by atoms with E-state index in [-0.39, 0.29) is 6.61 Å². The van der Waals surface area contributed by atoms with Crippen molar-refractivity contribution in [3.05, 3.63) is 36.0 Å². The Hall–Kier alpha value is -1.32. The average molecular weight is 219 g/mol. The summed E-state index contributed by atoms with van der Waals surface area (Å²) in [6, 6.07) is 8.15. The predicted molar refractivity (Wildman–Crippen MR) is 64.4 cm³/mol. The first-order chi connectivity index (χ1) is 7.85. The van der Waals surface area contributed by atoms with E-state index in [2.05, 4.69) is 16.8 Å². The maximum atomic E-state index is 9.11. The molecular formula is C13H17NO2. The summed E-state index contributed by atoms with van der Waals surface area (Å²) in [6.45, 7) is 1.82. The van der Waals surface area contributed by atoms with Crippen LogP contribution in [0.25, 0.3) is 10.9 Å². The number of aromatic nitrogens is 1. The van der Waals surface area contributed by atoms with Crippen LogP contribution in [0.1, 0.15) is 12.0 Å². The van der Waals surface area contributed by atoms with Crippen molar-refractivity contribution < 1.29 is 9.84 Å². The molecular weight excluding hydrogens is 202 g/mol. The fourth-order valence-electron chi connectivity index (χ4n) is 1.90. The van der Waals surface area contributed by atoms with E-state index < -0.39 is 0 Å². The summed E-state index contributed by atoms with van der Waals surface area (Å²) in [4.78, 5) is 0. The van der Waals surface area contributed by atoms with Crippen LogP contribution in [0, 0.1) is 0 Å². The molecule has 0 unspecified atom stereocenters. The van der Waals surface area contributed by atoms with Gasteiger partial charge < -0.3 is 14.4 Å². The molecule has 1 aromatic heterocycles. The molecule has 0 saturated heterocycles. The fraction of sp³-hybridized carbons (Fsp3) is 0.385. The number of hydrogen-bond acceptors (Lipinski definition) is 2. The summed E-state index contributed by atoms with van der Waals surface area (Å²) >= 11 is 0. The van der Waals surface area contributed by atoms with Gasteiger partial charge in [-0.1, -0.05) is 12.1 Å². The topological polar surface area (TPSA) is 34.4 Å². The molecule has 0 bridgehead atoms. The summed E-state index contributed by atoms with van der Waals surface area (Å²) < 4.78 is 7.25. The Morgan fingerprint density at radius 3 is 2.94 bits per heavy atom. The van der Waals surface area contributed by atoms with Crippen LogP contribution < -0.4 is 0 Å². The number of methoxy groups -OCH3 is 1. The summed E-state index contributed by atoms with van der Waals surface area (Å²) in [6.07, 6.45) is 3.09. The Labute approximate surface area is 95.3 Å². The van der Waals surface area contributed by atoms with E-state index in [0.717, 1.165) is 25.1 Å². The lowest BCUT2D eigenvalue weighted by Gasteiger charge is -2.05. The van der Waals surface area contributed by atoms with Crippen LogP contribution in [0.2, 0.25) is 0 Å². The normalized spacial score (nSPS) is 11.1. The van der Waals surface area contributed by atoms with E-state index in [9.17, 15) is 0 Å². The quantitative estimate of drug-likeness (QED) is 0.782. The highest BCUT2D eigenvalue weighted by Crippen LogP contribution is 2.18. The third-order valence-electron chi connectivity index (χ3n) is 2.77. The molecule has 0 saturated carbocycles. The molecule has 0 aliphatic heterocycles. The van der Waals surface area contributed by atoms with E-state index in [4.69, 9.17) is 9.84 Å². The van der Waals surface area contributed by atoms with Gasteiger partial charge in [-0.05, 0) is 29.5 Å². The molecule has 1 N–H and O–H groups in total. The number of benzene rings is 1. The highest BCUT2D eigenvalue weighted by atomic mass is 16.5. The van der Waals surface area contributed by atoms with Crippen molar-refractivity contribution in [3.63, 3.8) is 0 Å². The lowest BCUT2D eigenvalue weighted by Crippen LogP contribution is -2.00. The molecule has 0 aliphatic carbocycles. The molecule has 16 heavy (non-hydrogen) atoms. The molecule has 3 nitrogen and oxygen atoms in total. The second-order valence-electron chi connectivity index (χ2n) is 3.91. The highest BCUT2D eigenvalue weighted by Gasteiger charge is 2.01. The first-order valence-corrected chi connectivity index (χ1v) is 5.52. The number of aliphatic hydroxyl groups is 1. The van der Waals surface area contributed by atoms with E-state index in [0.29, 0.717) is 0 Å². The Bertz CT molecular complexity index is 462. The molecule has 1 aromatic carbocycles. The molecule has 1 heterocycles. The molecule has 0 aliphatic rings. The standard InChI is InChI=1S/C13H17NO2/c1-16-8-2-6-14-7-5-12-4-3-11(10-15)9-13(12)14/h3-5,7,9,15H,2,6,8,10H2,1H3. The minimum atomic E-state index is 0.0964. The minimum Gasteiger partial charge on any atom is -0.392 e. The number of hydrogen-bond donors (Lipinski definition) is 1. The van der Waals surface area contributed by atoms with Gasteiger partial charge in [0.1, 0.15) is 0 Å². The van der Waals surface area contributed by atoms with Crippen molar-refractivity contribution in [3.8, 4) is 0 Å². The van der Waals surface area contributed by atoms with Crippen molar-refractivity contribution in [2.75, 3.05) is 13.7 Å². The highest BCUT2D eigenvalue weighted by molar-refractivity contribution is 5.80. The van der Waals surface area contributed by atoms with Crippen molar-refractivity contribution >= 4 is 10.9 Å². The number of aryl methyl sites for hydroxylation is 1. The van der Waals surface area contributed by atoms with E-state index in [1.54, 1.807) is 7.11 Å². The lowest BCUT2D eigenvalue weighted by molar-refractivity contribution is 0.190. The second kappa shape index (κ2) is 5.14. The molecule has 0 fully saturated rings. The molecule has 2 aromatic rings. The van der Waals surface area contributed by atoms with Gasteiger partial charge in [0, 0.05) is 32.0 Å². The largest absolute Gasteiger partial charge is 0.392 e. The number of nitrogens with zero attached hydrogens (tertiary/aromatic N) is 1. The summed E-state index contributed by atoms with van der Waals surface area (Å²) in [5.74, 6) is 0. The Morgan fingerprint density at radius 2 is 2.19 bits per heavy atom. The van der Waals surface area contributed by atoms with Gasteiger partial charge in [0.2, 0.25) is 0 Å². The van der Waals surface area contributed by atoms with E-state index in [1.807, 2.05) is 18.2 Å². The van der Waals surface area contributed by atoms with Crippen LogP contribution in [0.3, 0.4) is 0 Å². The van der Waals surface area contributed by atoms with Gasteiger partial charge in [-0.3, -0.25) is 0 Å². The number of rotatable bonds is 5. The molecule has 0 atom stereocenters. The van der Waals surface area contributed by atoms with Crippen molar-refractivity contribution in [2.24, 2.45) is 0 Å². The summed E-state index contributed by atoms with van der Waals surface area (Å²) in [5.41, 5.74) is 2.14. The van der Waals surface area contributed by atoms with Gasteiger partial charge in [0.05, 0.1) is 6.61 Å². The smallest absolute Gasteiger partial charge is 0.0682 e. The molecule has 0 amide bonds. The SMILES string of the molecule is COCCCn1ccc2ccc(CO)cc21. The Balaban J connectivity index is 2.24. The van der Waals surface area contributed by atoms with Gasteiger partial charge in [0.25, 0.3) is 0 Å². The van der Waals surface area contributed by atoms with E-state index >= 15 is 0 Å². The van der Waals surface area contributed by atoms with Crippen LogP contribution in [0.4, 0.5) is 0 Å². The first-order valence-electron chi connectivity index (χ1n) is 5.52.